The predicted molar refractivity (Wildman–Crippen MR) is 116 cm³/mol. The Hall–Kier alpha value is -3.92. The Morgan fingerprint density at radius 3 is 2.28 bits per heavy atom. The molecule has 32 heavy (non-hydrogen) atoms. The average Bonchev–Trinajstić information content (AvgIpc) is 3.05. The Labute approximate surface area is 188 Å². The van der Waals surface area contributed by atoms with Crippen LogP contribution in [0, 0.1) is 15.9 Å². The number of benzene rings is 2. The molecule has 8 nitrogen and oxygen atoms in total. The monoisotopic (exact) mass is 497 g/mol. The molecule has 1 fully saturated rings. The van der Waals surface area contributed by atoms with Gasteiger partial charge in [0.2, 0.25) is 0 Å². The Kier molecular flexibility index (Phi) is 5.54. The number of amides is 1. The first-order valence-electron chi connectivity index (χ1n) is 9.21. The van der Waals surface area contributed by atoms with E-state index in [0.29, 0.717) is 10.0 Å². The van der Waals surface area contributed by atoms with Gasteiger partial charge in [0, 0.05) is 28.4 Å². The van der Waals surface area contributed by atoms with E-state index in [1.54, 1.807) is 6.07 Å². The van der Waals surface area contributed by atoms with Crippen molar-refractivity contribution in [3.8, 4) is 0 Å². The highest BCUT2D eigenvalue weighted by molar-refractivity contribution is 9.10. The van der Waals surface area contributed by atoms with Crippen LogP contribution in [0.1, 0.15) is 17.2 Å². The van der Waals surface area contributed by atoms with Crippen molar-refractivity contribution in [2.24, 2.45) is 0 Å². The third kappa shape index (κ3) is 3.76. The maximum atomic E-state index is 13.5. The summed E-state index contributed by atoms with van der Waals surface area (Å²) in [5.74, 6) is -2.74. The zero-order valence-corrected chi connectivity index (χ0v) is 17.7. The minimum atomic E-state index is -1.08. The van der Waals surface area contributed by atoms with E-state index >= 15 is 0 Å². The van der Waals surface area contributed by atoms with Gasteiger partial charge in [-0.05, 0) is 57.9 Å². The van der Waals surface area contributed by atoms with E-state index in [1.807, 2.05) is 0 Å². The average molecular weight is 498 g/mol. The van der Waals surface area contributed by atoms with Crippen LogP contribution in [0.15, 0.2) is 76.9 Å². The zero-order chi connectivity index (χ0) is 23.0. The fraction of sp³-hybridized carbons (Fsp3) is 0.0455. The van der Waals surface area contributed by atoms with Gasteiger partial charge in [-0.2, -0.15) is 0 Å². The van der Waals surface area contributed by atoms with Gasteiger partial charge < -0.3 is 5.11 Å². The number of rotatable bonds is 4. The molecule has 1 aromatic heterocycles. The Balaban J connectivity index is 1.90. The second kappa shape index (κ2) is 8.31. The van der Waals surface area contributed by atoms with Crippen LogP contribution in [0.25, 0.3) is 5.76 Å². The van der Waals surface area contributed by atoms with Gasteiger partial charge in [-0.1, -0.05) is 12.1 Å². The van der Waals surface area contributed by atoms with Crippen molar-refractivity contribution in [2.45, 2.75) is 6.04 Å². The molecule has 1 saturated heterocycles. The first kappa shape index (κ1) is 21.3. The third-order valence-electron chi connectivity index (χ3n) is 4.94. The molecule has 0 spiro atoms. The number of hydrogen-bond acceptors (Lipinski definition) is 6. The van der Waals surface area contributed by atoms with Gasteiger partial charge in [0.05, 0.1) is 16.5 Å². The van der Waals surface area contributed by atoms with Gasteiger partial charge in [0.25, 0.3) is 11.5 Å². The summed E-state index contributed by atoms with van der Waals surface area (Å²) in [5, 5.41) is 21.8. The molecule has 1 atom stereocenters. The molecule has 0 bridgehead atoms. The summed E-state index contributed by atoms with van der Waals surface area (Å²) in [4.78, 5) is 41.5. The van der Waals surface area contributed by atoms with Crippen LogP contribution < -0.4 is 4.90 Å². The van der Waals surface area contributed by atoms with E-state index < -0.39 is 34.2 Å². The molecular weight excluding hydrogens is 485 g/mol. The molecule has 1 aliphatic heterocycles. The fourth-order valence-electron chi connectivity index (χ4n) is 3.44. The molecule has 1 amide bonds. The first-order chi connectivity index (χ1) is 15.3. The molecule has 4 rings (SSSR count). The topological polar surface area (TPSA) is 114 Å². The number of ketones is 1. The highest BCUT2D eigenvalue weighted by Crippen LogP contribution is 2.41. The second-order valence-corrected chi connectivity index (χ2v) is 7.77. The summed E-state index contributed by atoms with van der Waals surface area (Å²) in [6.45, 7) is 0. The van der Waals surface area contributed by atoms with Crippen LogP contribution in [0.2, 0.25) is 0 Å². The molecule has 0 saturated carbocycles. The number of Topliss-reactive ketones (excluding diaryl/α,β-unsaturated/α-hetero) is 1. The second-order valence-electron chi connectivity index (χ2n) is 6.86. The summed E-state index contributed by atoms with van der Waals surface area (Å²) < 4.78 is 14.2. The van der Waals surface area contributed by atoms with Crippen molar-refractivity contribution in [1.29, 1.82) is 0 Å². The van der Waals surface area contributed by atoms with Crippen LogP contribution in [0.3, 0.4) is 0 Å². The van der Waals surface area contributed by atoms with Crippen molar-refractivity contribution in [2.75, 3.05) is 4.90 Å². The van der Waals surface area contributed by atoms with Crippen molar-refractivity contribution in [3.63, 3.8) is 0 Å². The van der Waals surface area contributed by atoms with Gasteiger partial charge in [0.1, 0.15) is 17.4 Å². The maximum absolute atomic E-state index is 13.5. The highest BCUT2D eigenvalue weighted by Gasteiger charge is 2.47. The molecule has 2 aromatic carbocycles. The number of nitrogens with zero attached hydrogens (tertiary/aromatic N) is 3. The number of nitro benzene ring substituents is 1. The number of non-ortho nitro benzene ring substituents is 1. The number of pyridine rings is 1. The number of aromatic nitrogens is 1. The molecule has 10 heteroatoms. The van der Waals surface area contributed by atoms with Crippen molar-refractivity contribution < 1.29 is 24.0 Å². The largest absolute Gasteiger partial charge is 0.507 e. The summed E-state index contributed by atoms with van der Waals surface area (Å²) >= 11 is 3.26. The number of carbonyl (C=O) groups excluding carboxylic acids is 2. The Morgan fingerprint density at radius 1 is 1.06 bits per heavy atom. The van der Waals surface area contributed by atoms with Crippen LogP contribution in [0.5, 0.6) is 0 Å². The third-order valence-corrected chi connectivity index (χ3v) is 5.41. The lowest BCUT2D eigenvalue weighted by Crippen LogP contribution is -2.30. The SMILES string of the molecule is O=C1C(=O)N(c2ccc(Br)cn2)C(c2ccc(F)cc2)C1=C(O)c1ccc([N+](=O)[O-])cc1. The predicted octanol–water partition coefficient (Wildman–Crippen LogP) is 4.52. The molecule has 3 aromatic rings. The lowest BCUT2D eigenvalue weighted by molar-refractivity contribution is -0.384. The smallest absolute Gasteiger partial charge is 0.301 e. The van der Waals surface area contributed by atoms with E-state index in [2.05, 4.69) is 20.9 Å². The molecule has 1 unspecified atom stereocenters. The fourth-order valence-corrected chi connectivity index (χ4v) is 3.67. The zero-order valence-electron chi connectivity index (χ0n) is 16.1. The number of carbonyl (C=O) groups is 2. The van der Waals surface area contributed by atoms with Crippen LogP contribution in [0.4, 0.5) is 15.9 Å². The van der Waals surface area contributed by atoms with Gasteiger partial charge in [0.15, 0.2) is 0 Å². The van der Waals surface area contributed by atoms with Crippen molar-refractivity contribution in [3.05, 3.63) is 104 Å². The molecule has 1 N–H and O–H groups in total. The van der Waals surface area contributed by atoms with Gasteiger partial charge in [-0.25, -0.2) is 9.37 Å². The van der Waals surface area contributed by atoms with Gasteiger partial charge >= 0.3 is 5.91 Å². The molecule has 1 aliphatic rings. The first-order valence-corrected chi connectivity index (χ1v) is 10.00. The van der Waals surface area contributed by atoms with Gasteiger partial charge in [-0.15, -0.1) is 0 Å². The number of anilines is 1. The number of nitro groups is 1. The summed E-state index contributed by atoms with van der Waals surface area (Å²) in [6, 6.07) is 12.1. The molecule has 0 aliphatic carbocycles. The van der Waals surface area contributed by atoms with Crippen LogP contribution >= 0.6 is 15.9 Å². The Morgan fingerprint density at radius 2 is 1.72 bits per heavy atom. The van der Waals surface area contributed by atoms with Crippen LogP contribution in [-0.2, 0) is 9.59 Å². The quantitative estimate of drug-likeness (QED) is 0.186. The van der Waals surface area contributed by atoms with Crippen molar-refractivity contribution >= 4 is 44.9 Å². The minimum Gasteiger partial charge on any atom is -0.507 e. The van der Waals surface area contributed by atoms with E-state index in [-0.39, 0.29) is 22.6 Å². The van der Waals surface area contributed by atoms with E-state index in [4.69, 9.17) is 0 Å². The van der Waals surface area contributed by atoms with Crippen LogP contribution in [-0.4, -0.2) is 26.7 Å². The normalized spacial score (nSPS) is 17.6. The Bertz CT molecular complexity index is 1260. The van der Waals surface area contributed by atoms with Crippen molar-refractivity contribution in [1.82, 2.24) is 4.98 Å². The standard InChI is InChI=1S/C22H13BrFN3O5/c23-14-5-10-17(25-11-14)26-19(12-1-6-15(24)7-2-12)18(21(29)22(26)30)20(28)13-3-8-16(9-4-13)27(31)32/h1-11,19,28H. The lowest BCUT2D eigenvalue weighted by atomic mass is 9.95. The number of aliphatic hydroxyl groups excluding tert-OH is 1. The number of aliphatic hydroxyl groups is 1. The summed E-state index contributed by atoms with van der Waals surface area (Å²) in [5.41, 5.74) is 0.0552. The molecular formula is C22H13BrFN3O5. The summed E-state index contributed by atoms with van der Waals surface area (Å²) in [7, 11) is 0. The van der Waals surface area contributed by atoms with E-state index in [0.717, 1.165) is 4.90 Å². The van der Waals surface area contributed by atoms with Gasteiger partial charge in [-0.3, -0.25) is 24.6 Å². The minimum absolute atomic E-state index is 0.115. The number of hydrogen-bond donors (Lipinski definition) is 1. The lowest BCUT2D eigenvalue weighted by Gasteiger charge is -2.24. The summed E-state index contributed by atoms with van der Waals surface area (Å²) in [6.07, 6.45) is 1.45. The maximum Gasteiger partial charge on any atom is 0.301 e. The highest BCUT2D eigenvalue weighted by atomic mass is 79.9. The molecule has 160 valence electrons. The molecule has 2 heterocycles. The van der Waals surface area contributed by atoms with E-state index in [1.165, 1.54) is 60.8 Å². The van der Waals surface area contributed by atoms with E-state index in [9.17, 15) is 29.2 Å². The molecule has 0 radical (unpaired) electrons. The number of halogens is 2.